The zero-order valence-electron chi connectivity index (χ0n) is 15.5. The number of hydrogen-bond donors (Lipinski definition) is 3. The summed E-state index contributed by atoms with van der Waals surface area (Å²) in [5, 5.41) is 9.60. The molecule has 0 aromatic rings. The maximum Gasteiger partial charge on any atom is 0.221 e. The highest BCUT2D eigenvalue weighted by Crippen LogP contribution is 2.17. The van der Waals surface area contributed by atoms with Crippen LogP contribution in [0.4, 0.5) is 0 Å². The van der Waals surface area contributed by atoms with Gasteiger partial charge in [-0.3, -0.25) is 9.79 Å². The second-order valence-corrected chi connectivity index (χ2v) is 6.24. The molecule has 0 atom stereocenters. The Kier molecular flexibility index (Phi) is 12.2. The number of unbranched alkanes of at least 4 members (excludes halogenated alkanes) is 1. The van der Waals surface area contributed by atoms with Crippen LogP contribution in [0.15, 0.2) is 4.99 Å². The number of guanidine groups is 1. The van der Waals surface area contributed by atoms with E-state index in [2.05, 4.69) is 20.9 Å². The topological polar surface area (TPSA) is 74.8 Å². The number of nitrogens with zero attached hydrogens (tertiary/aromatic N) is 1. The van der Waals surface area contributed by atoms with E-state index in [1.54, 1.807) is 0 Å². The molecule has 1 saturated carbocycles. The van der Waals surface area contributed by atoms with Gasteiger partial charge in [0.15, 0.2) is 5.96 Å². The highest BCUT2D eigenvalue weighted by molar-refractivity contribution is 5.81. The first-order valence-electron chi connectivity index (χ1n) is 9.65. The Hall–Kier alpha value is -1.30. The van der Waals surface area contributed by atoms with Gasteiger partial charge in [0, 0.05) is 45.3 Å². The lowest BCUT2D eigenvalue weighted by Crippen LogP contribution is -2.41. The van der Waals surface area contributed by atoms with E-state index in [1.165, 1.54) is 19.3 Å². The Bertz CT molecular complexity index is 355. The lowest BCUT2D eigenvalue weighted by atomic mass is 9.95. The molecule has 1 rings (SSSR count). The number of amides is 1. The van der Waals surface area contributed by atoms with Crippen LogP contribution in [0.3, 0.4) is 0 Å². The van der Waals surface area contributed by atoms with Gasteiger partial charge in [-0.25, -0.2) is 0 Å². The Balaban J connectivity index is 2.15. The van der Waals surface area contributed by atoms with Crippen molar-refractivity contribution in [2.24, 2.45) is 4.99 Å². The van der Waals surface area contributed by atoms with Gasteiger partial charge >= 0.3 is 0 Å². The Morgan fingerprint density at radius 2 is 1.92 bits per heavy atom. The van der Waals surface area contributed by atoms with Crippen LogP contribution in [0, 0.1) is 0 Å². The van der Waals surface area contributed by atoms with Gasteiger partial charge in [-0.15, -0.1) is 0 Å². The first-order valence-corrected chi connectivity index (χ1v) is 9.65. The third-order valence-corrected chi connectivity index (χ3v) is 4.13. The summed E-state index contributed by atoms with van der Waals surface area (Å²) in [6.45, 7) is 7.84. The number of aliphatic imine (C=N–C) groups is 1. The average molecular weight is 341 g/mol. The molecular formula is C18H36N4O2. The largest absolute Gasteiger partial charge is 0.382 e. The molecule has 0 saturated heterocycles. The highest BCUT2D eigenvalue weighted by Gasteiger charge is 2.15. The maximum atomic E-state index is 12.0. The first-order chi connectivity index (χ1) is 11.8. The van der Waals surface area contributed by atoms with Crippen LogP contribution in [0.5, 0.6) is 0 Å². The van der Waals surface area contributed by atoms with E-state index in [9.17, 15) is 4.79 Å². The van der Waals surface area contributed by atoms with Gasteiger partial charge in [-0.1, -0.05) is 19.3 Å². The summed E-state index contributed by atoms with van der Waals surface area (Å²) < 4.78 is 5.32. The molecule has 1 amide bonds. The van der Waals surface area contributed by atoms with E-state index in [-0.39, 0.29) is 5.91 Å². The molecule has 0 spiro atoms. The SMILES string of the molecule is CCNC(=NCCCCOCC)NCCC(=O)NC1CCCCC1. The van der Waals surface area contributed by atoms with Gasteiger partial charge in [0.2, 0.25) is 5.91 Å². The third kappa shape index (κ3) is 10.5. The zero-order valence-corrected chi connectivity index (χ0v) is 15.5. The molecule has 1 fully saturated rings. The molecule has 0 heterocycles. The van der Waals surface area contributed by atoms with E-state index in [4.69, 9.17) is 4.74 Å². The smallest absolute Gasteiger partial charge is 0.221 e. The van der Waals surface area contributed by atoms with Gasteiger partial charge in [0.1, 0.15) is 0 Å². The zero-order chi connectivity index (χ0) is 17.5. The number of ether oxygens (including phenoxy) is 1. The summed E-state index contributed by atoms with van der Waals surface area (Å²) >= 11 is 0. The average Bonchev–Trinajstić information content (AvgIpc) is 2.58. The first kappa shape index (κ1) is 20.7. The Labute approximate surface area is 147 Å². The van der Waals surface area contributed by atoms with E-state index >= 15 is 0 Å². The summed E-state index contributed by atoms with van der Waals surface area (Å²) in [5.41, 5.74) is 0. The monoisotopic (exact) mass is 340 g/mol. The van der Waals surface area contributed by atoms with Crippen molar-refractivity contribution in [1.29, 1.82) is 0 Å². The molecule has 1 aliphatic carbocycles. The van der Waals surface area contributed by atoms with Gasteiger partial charge < -0.3 is 20.7 Å². The minimum absolute atomic E-state index is 0.141. The number of carbonyl (C=O) groups is 1. The molecule has 24 heavy (non-hydrogen) atoms. The number of rotatable bonds is 11. The van der Waals surface area contributed by atoms with Crippen molar-refractivity contribution in [2.75, 3.05) is 32.8 Å². The minimum atomic E-state index is 0.141. The molecule has 0 bridgehead atoms. The molecule has 0 aromatic carbocycles. The lowest BCUT2D eigenvalue weighted by molar-refractivity contribution is -0.121. The quantitative estimate of drug-likeness (QED) is 0.306. The fraction of sp³-hybridized carbons (Fsp3) is 0.889. The number of nitrogens with one attached hydrogen (secondary N) is 3. The molecule has 0 aliphatic heterocycles. The number of carbonyl (C=O) groups excluding carboxylic acids is 1. The second kappa shape index (κ2) is 14.1. The third-order valence-electron chi connectivity index (χ3n) is 4.13. The van der Waals surface area contributed by atoms with Crippen LogP contribution in [-0.4, -0.2) is 50.8 Å². The van der Waals surface area contributed by atoms with Gasteiger partial charge in [-0.2, -0.15) is 0 Å². The van der Waals surface area contributed by atoms with E-state index in [1.807, 2.05) is 13.8 Å². The summed E-state index contributed by atoms with van der Waals surface area (Å²) in [6.07, 6.45) is 8.58. The van der Waals surface area contributed by atoms with Gasteiger partial charge in [0.05, 0.1) is 0 Å². The Morgan fingerprint density at radius 3 is 2.62 bits per heavy atom. The standard InChI is InChI=1S/C18H36N4O2/c1-3-19-18(20-13-8-9-15-24-4-2)21-14-12-17(23)22-16-10-6-5-7-11-16/h16H,3-15H2,1-2H3,(H,22,23)(H2,19,20,21). The highest BCUT2D eigenvalue weighted by atomic mass is 16.5. The molecule has 0 unspecified atom stereocenters. The molecule has 6 nitrogen and oxygen atoms in total. The van der Waals surface area contributed by atoms with Crippen LogP contribution >= 0.6 is 0 Å². The van der Waals surface area contributed by atoms with E-state index in [0.717, 1.165) is 57.9 Å². The molecule has 0 radical (unpaired) electrons. The van der Waals surface area contributed by atoms with Gasteiger partial charge in [0.25, 0.3) is 0 Å². The molecule has 3 N–H and O–H groups in total. The molecule has 1 aliphatic rings. The van der Waals surface area contributed by atoms with Crippen molar-refractivity contribution in [3.05, 3.63) is 0 Å². The molecule has 6 heteroatoms. The van der Waals surface area contributed by atoms with E-state index < -0.39 is 0 Å². The van der Waals surface area contributed by atoms with Crippen molar-refractivity contribution in [3.8, 4) is 0 Å². The lowest BCUT2D eigenvalue weighted by Gasteiger charge is -2.22. The summed E-state index contributed by atoms with van der Waals surface area (Å²) in [6, 6.07) is 0.387. The number of hydrogen-bond acceptors (Lipinski definition) is 3. The summed E-state index contributed by atoms with van der Waals surface area (Å²) in [7, 11) is 0. The fourth-order valence-electron chi connectivity index (χ4n) is 2.83. The fourth-order valence-corrected chi connectivity index (χ4v) is 2.83. The van der Waals surface area contributed by atoms with Crippen molar-refractivity contribution < 1.29 is 9.53 Å². The van der Waals surface area contributed by atoms with Crippen LogP contribution in [0.1, 0.15) is 65.2 Å². The van der Waals surface area contributed by atoms with Crippen LogP contribution < -0.4 is 16.0 Å². The molecule has 0 aromatic heterocycles. The predicted octanol–water partition coefficient (Wildman–Crippen LogP) is 2.20. The second-order valence-electron chi connectivity index (χ2n) is 6.24. The van der Waals surface area contributed by atoms with Crippen molar-refractivity contribution in [3.63, 3.8) is 0 Å². The van der Waals surface area contributed by atoms with E-state index in [0.29, 0.717) is 19.0 Å². The molecule has 140 valence electrons. The summed E-state index contributed by atoms with van der Waals surface area (Å²) in [4.78, 5) is 16.5. The van der Waals surface area contributed by atoms with Crippen LogP contribution in [-0.2, 0) is 9.53 Å². The maximum absolute atomic E-state index is 12.0. The van der Waals surface area contributed by atoms with Crippen molar-refractivity contribution in [2.45, 2.75) is 71.3 Å². The van der Waals surface area contributed by atoms with Crippen molar-refractivity contribution >= 4 is 11.9 Å². The van der Waals surface area contributed by atoms with Crippen molar-refractivity contribution in [1.82, 2.24) is 16.0 Å². The Morgan fingerprint density at radius 1 is 1.12 bits per heavy atom. The van der Waals surface area contributed by atoms with Crippen LogP contribution in [0.25, 0.3) is 0 Å². The minimum Gasteiger partial charge on any atom is -0.382 e. The summed E-state index contributed by atoms with van der Waals surface area (Å²) in [5.74, 6) is 0.932. The van der Waals surface area contributed by atoms with Gasteiger partial charge in [-0.05, 0) is 39.5 Å². The van der Waals surface area contributed by atoms with Crippen LogP contribution in [0.2, 0.25) is 0 Å². The molecular weight excluding hydrogens is 304 g/mol. The normalized spacial score (nSPS) is 16.0. The predicted molar refractivity (Wildman–Crippen MR) is 99.3 cm³/mol.